The van der Waals surface area contributed by atoms with Crippen LogP contribution in [0.15, 0.2) is 24.5 Å². The highest BCUT2D eigenvalue weighted by Crippen LogP contribution is 2.19. The summed E-state index contributed by atoms with van der Waals surface area (Å²) < 4.78 is 4.42. The molecule has 0 unspecified atom stereocenters. The smallest absolute Gasteiger partial charge is 0.149 e. The van der Waals surface area contributed by atoms with Crippen molar-refractivity contribution in [3.63, 3.8) is 0 Å². The van der Waals surface area contributed by atoms with Crippen molar-refractivity contribution in [1.82, 2.24) is 29.5 Å². The predicted octanol–water partition coefficient (Wildman–Crippen LogP) is 2.42. The fourth-order valence-electron chi connectivity index (χ4n) is 3.33. The number of hydrogen-bond donors (Lipinski definition) is 1. The summed E-state index contributed by atoms with van der Waals surface area (Å²) in [6, 6.07) is 4.32. The van der Waals surface area contributed by atoms with Crippen molar-refractivity contribution in [1.29, 1.82) is 0 Å². The van der Waals surface area contributed by atoms with Gasteiger partial charge >= 0.3 is 0 Å². The summed E-state index contributed by atoms with van der Waals surface area (Å²) in [6.07, 6.45) is 7.50. The highest BCUT2D eigenvalue weighted by atomic mass is 15.3. The first-order valence-electron chi connectivity index (χ1n) is 8.31. The zero-order valence-corrected chi connectivity index (χ0v) is 13.7. The van der Waals surface area contributed by atoms with Crippen molar-refractivity contribution in [2.45, 2.75) is 52.2 Å². The molecule has 23 heavy (non-hydrogen) atoms. The first kappa shape index (κ1) is 14.4. The van der Waals surface area contributed by atoms with Gasteiger partial charge in [0.05, 0.1) is 17.9 Å². The summed E-state index contributed by atoms with van der Waals surface area (Å²) in [5, 5.41) is 12.3. The van der Waals surface area contributed by atoms with Gasteiger partial charge in [-0.05, 0) is 38.3 Å². The molecule has 3 aromatic rings. The van der Waals surface area contributed by atoms with E-state index >= 15 is 0 Å². The molecule has 0 aliphatic carbocycles. The quantitative estimate of drug-likeness (QED) is 0.804. The van der Waals surface area contributed by atoms with Gasteiger partial charge in [0.1, 0.15) is 17.3 Å². The van der Waals surface area contributed by atoms with Crippen molar-refractivity contribution < 1.29 is 0 Å². The van der Waals surface area contributed by atoms with E-state index in [0.29, 0.717) is 0 Å². The van der Waals surface area contributed by atoms with Crippen molar-refractivity contribution in [3.05, 3.63) is 47.4 Å². The summed E-state index contributed by atoms with van der Waals surface area (Å²) in [6.45, 7) is 6.04. The molecular weight excluding hydrogens is 288 g/mol. The fraction of sp³-hybridized carbons (Fsp3) is 0.471. The fourth-order valence-corrected chi connectivity index (χ4v) is 3.33. The molecule has 0 saturated heterocycles. The van der Waals surface area contributed by atoms with Crippen LogP contribution in [0, 0.1) is 6.92 Å². The summed E-state index contributed by atoms with van der Waals surface area (Å²) in [7, 11) is 0. The minimum Gasteiger partial charge on any atom is -0.314 e. The molecule has 4 heterocycles. The minimum atomic E-state index is 0.171. The highest BCUT2D eigenvalue weighted by molar-refractivity contribution is 5.48. The van der Waals surface area contributed by atoms with Gasteiger partial charge in [-0.2, -0.15) is 0 Å². The number of pyridine rings is 1. The molecule has 0 radical (unpaired) electrons. The van der Waals surface area contributed by atoms with Crippen LogP contribution >= 0.6 is 0 Å². The van der Waals surface area contributed by atoms with Crippen LogP contribution in [0.1, 0.15) is 48.7 Å². The number of rotatable bonds is 4. The molecule has 3 aromatic heterocycles. The van der Waals surface area contributed by atoms with Crippen LogP contribution in [0.2, 0.25) is 0 Å². The Kier molecular flexibility index (Phi) is 3.61. The van der Waals surface area contributed by atoms with Gasteiger partial charge in [-0.25, -0.2) is 4.98 Å². The Labute approximate surface area is 135 Å². The third-order valence-corrected chi connectivity index (χ3v) is 4.67. The lowest BCUT2D eigenvalue weighted by Crippen LogP contribution is -2.24. The average Bonchev–Trinajstić information content (AvgIpc) is 3.17. The molecule has 120 valence electrons. The van der Waals surface area contributed by atoms with Gasteiger partial charge in [-0.1, -0.05) is 6.07 Å². The van der Waals surface area contributed by atoms with Crippen LogP contribution in [-0.4, -0.2) is 24.1 Å². The molecule has 1 aliphatic heterocycles. The van der Waals surface area contributed by atoms with Crippen molar-refractivity contribution in [2.75, 3.05) is 0 Å². The number of fused-ring (bicyclic) bond motifs is 2. The molecule has 1 atom stereocenters. The Morgan fingerprint density at radius 1 is 1.30 bits per heavy atom. The second kappa shape index (κ2) is 5.77. The van der Waals surface area contributed by atoms with Gasteiger partial charge in [0.2, 0.25) is 0 Å². The first-order valence-corrected chi connectivity index (χ1v) is 8.31. The van der Waals surface area contributed by atoms with E-state index in [0.717, 1.165) is 42.5 Å². The Morgan fingerprint density at radius 3 is 3.13 bits per heavy atom. The van der Waals surface area contributed by atoms with E-state index in [1.807, 2.05) is 6.20 Å². The van der Waals surface area contributed by atoms with E-state index in [4.69, 9.17) is 0 Å². The number of aryl methyl sites for hydroxylation is 2. The number of hydrogen-bond acceptors (Lipinski definition) is 4. The van der Waals surface area contributed by atoms with E-state index in [1.165, 1.54) is 18.4 Å². The maximum atomic E-state index is 4.52. The largest absolute Gasteiger partial charge is 0.314 e. The third kappa shape index (κ3) is 2.53. The highest BCUT2D eigenvalue weighted by Gasteiger charge is 2.20. The van der Waals surface area contributed by atoms with Gasteiger partial charge < -0.3 is 14.3 Å². The first-order chi connectivity index (χ1) is 11.2. The molecule has 0 fully saturated rings. The lowest BCUT2D eigenvalue weighted by Gasteiger charge is -2.18. The molecule has 1 N–H and O–H groups in total. The van der Waals surface area contributed by atoms with Crippen molar-refractivity contribution in [3.8, 4) is 0 Å². The summed E-state index contributed by atoms with van der Waals surface area (Å²) >= 11 is 0. The van der Waals surface area contributed by atoms with Gasteiger partial charge in [-0.15, -0.1) is 10.2 Å². The summed E-state index contributed by atoms with van der Waals surface area (Å²) in [5.41, 5.74) is 3.38. The normalized spacial score (nSPS) is 15.7. The molecule has 0 amide bonds. The van der Waals surface area contributed by atoms with E-state index in [9.17, 15) is 0 Å². The molecule has 0 saturated carbocycles. The Morgan fingerprint density at radius 2 is 2.22 bits per heavy atom. The van der Waals surface area contributed by atoms with Gasteiger partial charge in [-0.3, -0.25) is 0 Å². The number of nitrogens with one attached hydrogen (secondary N) is 1. The maximum absolute atomic E-state index is 4.52. The van der Waals surface area contributed by atoms with E-state index in [2.05, 4.69) is 61.6 Å². The van der Waals surface area contributed by atoms with Gasteiger partial charge in [0.15, 0.2) is 0 Å². The molecule has 6 nitrogen and oxygen atoms in total. The SMILES string of the molecule is Cc1cccn2c(CN[C@@H](C)c3nnc4n3CCCC4)cnc12. The van der Waals surface area contributed by atoms with Crippen LogP contribution in [0.25, 0.3) is 5.65 Å². The third-order valence-electron chi connectivity index (χ3n) is 4.67. The molecule has 0 bridgehead atoms. The Balaban J connectivity index is 1.52. The summed E-state index contributed by atoms with van der Waals surface area (Å²) in [5.74, 6) is 2.18. The van der Waals surface area contributed by atoms with Gasteiger partial charge in [0, 0.05) is 25.7 Å². The molecule has 1 aliphatic rings. The Bertz CT molecular complexity index is 831. The zero-order valence-electron chi connectivity index (χ0n) is 13.7. The lowest BCUT2D eigenvalue weighted by molar-refractivity contribution is 0.463. The van der Waals surface area contributed by atoms with Gasteiger partial charge in [0.25, 0.3) is 0 Å². The predicted molar refractivity (Wildman–Crippen MR) is 88.1 cm³/mol. The van der Waals surface area contributed by atoms with Crippen molar-refractivity contribution in [2.24, 2.45) is 0 Å². The second-order valence-corrected chi connectivity index (χ2v) is 6.32. The molecule has 6 heteroatoms. The van der Waals surface area contributed by atoms with E-state index in [1.54, 1.807) is 0 Å². The number of nitrogens with zero attached hydrogens (tertiary/aromatic N) is 5. The minimum absolute atomic E-state index is 0.171. The maximum Gasteiger partial charge on any atom is 0.149 e. The van der Waals surface area contributed by atoms with E-state index < -0.39 is 0 Å². The van der Waals surface area contributed by atoms with Crippen molar-refractivity contribution >= 4 is 5.65 Å². The monoisotopic (exact) mass is 310 g/mol. The molecule has 0 spiro atoms. The second-order valence-electron chi connectivity index (χ2n) is 6.32. The number of imidazole rings is 1. The zero-order chi connectivity index (χ0) is 15.8. The lowest BCUT2D eigenvalue weighted by atomic mass is 10.1. The van der Waals surface area contributed by atoms with Crippen LogP contribution in [0.3, 0.4) is 0 Å². The summed E-state index contributed by atoms with van der Waals surface area (Å²) in [4.78, 5) is 4.52. The van der Waals surface area contributed by atoms with E-state index in [-0.39, 0.29) is 6.04 Å². The van der Waals surface area contributed by atoms with Crippen LogP contribution in [-0.2, 0) is 19.5 Å². The van der Waals surface area contributed by atoms with Crippen LogP contribution in [0.4, 0.5) is 0 Å². The average molecular weight is 310 g/mol. The Hall–Kier alpha value is -2.21. The standard InChI is InChI=1S/C17H22N6/c1-12-6-5-9-22-14(11-19-16(12)22)10-18-13(2)17-21-20-15-7-3-4-8-23(15)17/h5-6,9,11,13,18H,3-4,7-8,10H2,1-2H3/t13-/m0/s1. The topological polar surface area (TPSA) is 60.0 Å². The van der Waals surface area contributed by atoms with Crippen LogP contribution < -0.4 is 5.32 Å². The number of aromatic nitrogens is 5. The molecule has 4 rings (SSSR count). The van der Waals surface area contributed by atoms with Crippen LogP contribution in [0.5, 0.6) is 0 Å². The molecule has 0 aromatic carbocycles. The molecular formula is C17H22N6.